The number of ether oxygens (including phenoxy) is 1. The maximum absolute atomic E-state index is 11.4. The van der Waals surface area contributed by atoms with E-state index in [1.165, 1.54) is 11.3 Å². The lowest BCUT2D eigenvalue weighted by molar-refractivity contribution is -0.147. The molecule has 0 aromatic carbocycles. The number of nitrogens with two attached hydrogens (primary N) is 1. The van der Waals surface area contributed by atoms with Crippen LogP contribution in [0.4, 0.5) is 0 Å². The van der Waals surface area contributed by atoms with Gasteiger partial charge in [-0.3, -0.25) is 14.4 Å². The Morgan fingerprint density at radius 2 is 2.18 bits per heavy atom. The fourth-order valence-electron chi connectivity index (χ4n) is 0.997. The Kier molecular flexibility index (Phi) is 5.15. The molecule has 0 unspecified atom stereocenters. The molecule has 17 heavy (non-hydrogen) atoms. The van der Waals surface area contributed by atoms with Crippen LogP contribution in [0.2, 0.25) is 0 Å². The first-order valence-electron chi connectivity index (χ1n) is 4.85. The van der Waals surface area contributed by atoms with Crippen molar-refractivity contribution in [2.75, 3.05) is 13.2 Å². The highest BCUT2D eigenvalue weighted by atomic mass is 32.1. The third-order valence-electron chi connectivity index (χ3n) is 1.74. The van der Waals surface area contributed by atoms with Gasteiger partial charge in [0, 0.05) is 6.54 Å². The molecule has 0 saturated carbocycles. The zero-order chi connectivity index (χ0) is 12.7. The summed E-state index contributed by atoms with van der Waals surface area (Å²) in [4.78, 5) is 33.4. The molecule has 1 aromatic rings. The summed E-state index contributed by atoms with van der Waals surface area (Å²) in [5, 5.41) is 4.35. The lowest BCUT2D eigenvalue weighted by Crippen LogP contribution is -2.27. The van der Waals surface area contributed by atoms with E-state index in [1.807, 2.05) is 0 Å². The number of nitrogens with one attached hydrogen (secondary N) is 1. The number of carbonyl (C=O) groups is 3. The lowest BCUT2D eigenvalue weighted by atomic mass is 10.4. The van der Waals surface area contributed by atoms with Crippen LogP contribution in [0, 0.1) is 0 Å². The third-order valence-corrected chi connectivity index (χ3v) is 2.60. The van der Waals surface area contributed by atoms with E-state index >= 15 is 0 Å². The molecule has 2 amide bonds. The van der Waals surface area contributed by atoms with Gasteiger partial charge in [0.15, 0.2) is 6.61 Å². The molecule has 0 aliphatic rings. The Balaban J connectivity index is 2.17. The molecule has 0 aliphatic carbocycles. The molecule has 7 heteroatoms. The minimum absolute atomic E-state index is 0.00436. The summed E-state index contributed by atoms with van der Waals surface area (Å²) in [6, 6.07) is 3.45. The van der Waals surface area contributed by atoms with E-state index in [9.17, 15) is 14.4 Å². The molecule has 0 saturated heterocycles. The quantitative estimate of drug-likeness (QED) is 0.694. The largest absolute Gasteiger partial charge is 0.456 e. The van der Waals surface area contributed by atoms with Gasteiger partial charge >= 0.3 is 5.97 Å². The van der Waals surface area contributed by atoms with Gasteiger partial charge in [0.2, 0.25) is 0 Å². The minimum Gasteiger partial charge on any atom is -0.456 e. The molecule has 0 spiro atoms. The van der Waals surface area contributed by atoms with Crippen molar-refractivity contribution < 1.29 is 19.1 Å². The van der Waals surface area contributed by atoms with Crippen LogP contribution in [-0.4, -0.2) is 30.9 Å². The van der Waals surface area contributed by atoms with Gasteiger partial charge in [0.1, 0.15) is 0 Å². The number of hydrogen-bond donors (Lipinski definition) is 2. The summed E-state index contributed by atoms with van der Waals surface area (Å²) >= 11 is 1.31. The van der Waals surface area contributed by atoms with E-state index in [-0.39, 0.29) is 18.9 Å². The van der Waals surface area contributed by atoms with Crippen LogP contribution >= 0.6 is 11.3 Å². The Bertz CT molecular complexity index is 402. The summed E-state index contributed by atoms with van der Waals surface area (Å²) < 4.78 is 4.51. The number of primary amides is 1. The third kappa shape index (κ3) is 5.12. The van der Waals surface area contributed by atoms with Crippen LogP contribution in [0.3, 0.4) is 0 Å². The summed E-state index contributed by atoms with van der Waals surface area (Å²) in [5.41, 5.74) is 4.80. The Labute approximate surface area is 102 Å². The highest BCUT2D eigenvalue weighted by Gasteiger charge is 2.08. The average molecular weight is 256 g/mol. The highest BCUT2D eigenvalue weighted by Crippen LogP contribution is 2.07. The van der Waals surface area contributed by atoms with Gasteiger partial charge in [0.25, 0.3) is 11.8 Å². The van der Waals surface area contributed by atoms with Crippen molar-refractivity contribution in [2.24, 2.45) is 5.73 Å². The Hall–Kier alpha value is -1.89. The normalized spacial score (nSPS) is 9.65. The number of amides is 2. The van der Waals surface area contributed by atoms with Crippen LogP contribution in [0.25, 0.3) is 0 Å². The molecule has 0 fully saturated rings. The van der Waals surface area contributed by atoms with Crippen LogP contribution in [0.1, 0.15) is 16.1 Å². The SMILES string of the molecule is NC(=O)COC(=O)CCNC(=O)c1cccs1. The maximum Gasteiger partial charge on any atom is 0.308 e. The van der Waals surface area contributed by atoms with E-state index in [0.717, 1.165) is 0 Å². The number of rotatable bonds is 6. The average Bonchev–Trinajstić information content (AvgIpc) is 2.79. The van der Waals surface area contributed by atoms with Gasteiger partial charge < -0.3 is 15.8 Å². The van der Waals surface area contributed by atoms with Gasteiger partial charge in [-0.05, 0) is 11.4 Å². The van der Waals surface area contributed by atoms with Gasteiger partial charge in [-0.15, -0.1) is 11.3 Å². The number of carbonyl (C=O) groups excluding carboxylic acids is 3. The van der Waals surface area contributed by atoms with Crippen LogP contribution in [-0.2, 0) is 14.3 Å². The molecule has 92 valence electrons. The second kappa shape index (κ2) is 6.64. The van der Waals surface area contributed by atoms with Crippen molar-refractivity contribution in [3.63, 3.8) is 0 Å². The summed E-state index contributed by atoms with van der Waals surface area (Å²) in [5.74, 6) is -1.51. The first kappa shape index (κ1) is 13.2. The van der Waals surface area contributed by atoms with Crippen molar-refractivity contribution in [2.45, 2.75) is 6.42 Å². The molecule has 0 atom stereocenters. The predicted octanol–water partition coefficient (Wildman–Crippen LogP) is -0.104. The van der Waals surface area contributed by atoms with Crippen molar-refractivity contribution in [1.29, 1.82) is 0 Å². The number of hydrogen-bond acceptors (Lipinski definition) is 5. The first-order chi connectivity index (χ1) is 8.09. The van der Waals surface area contributed by atoms with Gasteiger partial charge in [-0.1, -0.05) is 6.07 Å². The second-order valence-electron chi connectivity index (χ2n) is 3.11. The zero-order valence-corrected chi connectivity index (χ0v) is 9.79. The van der Waals surface area contributed by atoms with Crippen LogP contribution in [0.15, 0.2) is 17.5 Å². The molecule has 1 rings (SSSR count). The molecule has 6 nitrogen and oxygen atoms in total. The zero-order valence-electron chi connectivity index (χ0n) is 8.97. The van der Waals surface area contributed by atoms with Crippen LogP contribution < -0.4 is 11.1 Å². The fraction of sp³-hybridized carbons (Fsp3) is 0.300. The second-order valence-corrected chi connectivity index (χ2v) is 4.06. The van der Waals surface area contributed by atoms with Crippen LogP contribution in [0.5, 0.6) is 0 Å². The van der Waals surface area contributed by atoms with E-state index in [0.29, 0.717) is 4.88 Å². The molecule has 0 aliphatic heterocycles. The molecule has 1 heterocycles. The summed E-state index contributed by atoms with van der Waals surface area (Å²) in [7, 11) is 0. The molecule has 3 N–H and O–H groups in total. The molecular formula is C10H12N2O4S. The summed E-state index contributed by atoms with van der Waals surface area (Å²) in [6.07, 6.45) is 0.00436. The molecule has 0 radical (unpaired) electrons. The highest BCUT2D eigenvalue weighted by molar-refractivity contribution is 7.12. The van der Waals surface area contributed by atoms with Crippen molar-refractivity contribution in [1.82, 2.24) is 5.32 Å². The smallest absolute Gasteiger partial charge is 0.308 e. The topological polar surface area (TPSA) is 98.5 Å². The first-order valence-corrected chi connectivity index (χ1v) is 5.73. The Morgan fingerprint density at radius 1 is 1.41 bits per heavy atom. The van der Waals surface area contributed by atoms with E-state index in [1.54, 1.807) is 17.5 Å². The number of thiophene rings is 1. The lowest BCUT2D eigenvalue weighted by Gasteiger charge is -2.03. The molecule has 0 bridgehead atoms. The van der Waals surface area contributed by atoms with Gasteiger partial charge in [0.05, 0.1) is 11.3 Å². The van der Waals surface area contributed by atoms with Gasteiger partial charge in [-0.2, -0.15) is 0 Å². The van der Waals surface area contributed by atoms with Crippen molar-refractivity contribution in [3.8, 4) is 0 Å². The standard InChI is InChI=1S/C10H12N2O4S/c11-8(13)6-16-9(14)3-4-12-10(15)7-2-1-5-17-7/h1-2,5H,3-4,6H2,(H2,11,13)(H,12,15). The predicted molar refractivity (Wildman–Crippen MR) is 61.4 cm³/mol. The van der Waals surface area contributed by atoms with Gasteiger partial charge in [-0.25, -0.2) is 0 Å². The van der Waals surface area contributed by atoms with Crippen molar-refractivity contribution in [3.05, 3.63) is 22.4 Å². The van der Waals surface area contributed by atoms with Crippen molar-refractivity contribution >= 4 is 29.1 Å². The van der Waals surface area contributed by atoms with E-state index < -0.39 is 18.5 Å². The number of esters is 1. The summed E-state index contributed by atoms with van der Waals surface area (Å²) in [6.45, 7) is -0.272. The van der Waals surface area contributed by atoms with E-state index in [4.69, 9.17) is 5.73 Å². The Morgan fingerprint density at radius 3 is 2.76 bits per heavy atom. The molecular weight excluding hydrogens is 244 g/mol. The monoisotopic (exact) mass is 256 g/mol. The fourth-order valence-corrected chi connectivity index (χ4v) is 1.64. The maximum atomic E-state index is 11.4. The minimum atomic E-state index is -0.707. The van der Waals surface area contributed by atoms with E-state index in [2.05, 4.69) is 10.1 Å². The molecule has 1 aromatic heterocycles.